The highest BCUT2D eigenvalue weighted by Gasteiger charge is 2.26. The Labute approximate surface area is 111 Å². The second-order valence-electron chi connectivity index (χ2n) is 6.06. The summed E-state index contributed by atoms with van der Waals surface area (Å²) < 4.78 is 0. The fourth-order valence-electron chi connectivity index (χ4n) is 1.73. The second-order valence-corrected chi connectivity index (χ2v) is 6.62. The molecule has 0 aliphatic carbocycles. The SMILES string of the molecule is CC(c1ccccn1)C(Cl)CC(C)C(C)(C)C. The first-order chi connectivity index (χ1) is 7.82. The van der Waals surface area contributed by atoms with Gasteiger partial charge in [0.05, 0.1) is 0 Å². The molecule has 3 unspecified atom stereocenters. The number of pyridine rings is 1. The standard InChI is InChI=1S/C15H24ClN/c1-11(15(3,4)5)10-13(16)12(2)14-8-6-7-9-17-14/h6-9,11-13H,10H2,1-5H3. The van der Waals surface area contributed by atoms with E-state index >= 15 is 0 Å². The number of nitrogens with zero attached hydrogens (tertiary/aromatic N) is 1. The Kier molecular flexibility index (Phi) is 5.00. The Morgan fingerprint density at radius 3 is 2.35 bits per heavy atom. The van der Waals surface area contributed by atoms with Gasteiger partial charge in [0.1, 0.15) is 0 Å². The molecule has 3 atom stereocenters. The topological polar surface area (TPSA) is 12.9 Å². The Bertz CT molecular complexity index is 329. The molecule has 0 amide bonds. The molecule has 1 aromatic heterocycles. The predicted molar refractivity (Wildman–Crippen MR) is 75.5 cm³/mol. The third-order valence-electron chi connectivity index (χ3n) is 3.75. The number of hydrogen-bond donors (Lipinski definition) is 0. The van der Waals surface area contributed by atoms with Gasteiger partial charge in [-0.3, -0.25) is 4.98 Å². The van der Waals surface area contributed by atoms with E-state index in [0.717, 1.165) is 12.1 Å². The van der Waals surface area contributed by atoms with E-state index in [-0.39, 0.29) is 5.38 Å². The second kappa shape index (κ2) is 5.86. The van der Waals surface area contributed by atoms with Crippen LogP contribution in [0.15, 0.2) is 24.4 Å². The molecule has 1 rings (SSSR count). The first kappa shape index (κ1) is 14.5. The first-order valence-corrected chi connectivity index (χ1v) is 6.81. The molecule has 1 heterocycles. The Morgan fingerprint density at radius 1 is 1.24 bits per heavy atom. The van der Waals surface area contributed by atoms with Gasteiger partial charge >= 0.3 is 0 Å². The van der Waals surface area contributed by atoms with Crippen LogP contribution >= 0.6 is 11.6 Å². The number of hydrogen-bond acceptors (Lipinski definition) is 1. The monoisotopic (exact) mass is 253 g/mol. The molecular formula is C15H24ClN. The summed E-state index contributed by atoms with van der Waals surface area (Å²) >= 11 is 6.53. The van der Waals surface area contributed by atoms with Crippen LogP contribution in [0.3, 0.4) is 0 Å². The molecule has 0 N–H and O–H groups in total. The first-order valence-electron chi connectivity index (χ1n) is 6.37. The average Bonchev–Trinajstić information content (AvgIpc) is 2.27. The zero-order valence-corrected chi connectivity index (χ0v) is 12.3. The number of aromatic nitrogens is 1. The molecule has 96 valence electrons. The molecule has 0 saturated heterocycles. The molecule has 2 heteroatoms. The summed E-state index contributed by atoms with van der Waals surface area (Å²) in [6, 6.07) is 6.02. The summed E-state index contributed by atoms with van der Waals surface area (Å²) in [5, 5.41) is 0.152. The third kappa shape index (κ3) is 4.31. The van der Waals surface area contributed by atoms with E-state index in [1.165, 1.54) is 0 Å². The van der Waals surface area contributed by atoms with Gasteiger partial charge in [-0.25, -0.2) is 0 Å². The minimum Gasteiger partial charge on any atom is -0.261 e. The van der Waals surface area contributed by atoms with Gasteiger partial charge < -0.3 is 0 Å². The molecule has 0 radical (unpaired) electrons. The Balaban J connectivity index is 2.62. The fraction of sp³-hybridized carbons (Fsp3) is 0.667. The van der Waals surface area contributed by atoms with Crippen LogP contribution in [-0.2, 0) is 0 Å². The summed E-state index contributed by atoms with van der Waals surface area (Å²) in [6.07, 6.45) is 2.87. The Hall–Kier alpha value is -0.560. The predicted octanol–water partition coefficient (Wildman–Crippen LogP) is 4.86. The smallest absolute Gasteiger partial charge is 0.0446 e. The quantitative estimate of drug-likeness (QED) is 0.698. The van der Waals surface area contributed by atoms with Crippen LogP contribution < -0.4 is 0 Å². The lowest BCUT2D eigenvalue weighted by Crippen LogP contribution is -2.23. The van der Waals surface area contributed by atoms with Crippen LogP contribution in [0.5, 0.6) is 0 Å². The number of alkyl halides is 1. The zero-order valence-electron chi connectivity index (χ0n) is 11.6. The summed E-state index contributed by atoms with van der Waals surface area (Å²) in [6.45, 7) is 11.3. The molecule has 0 spiro atoms. The maximum absolute atomic E-state index is 6.53. The van der Waals surface area contributed by atoms with Crippen molar-refractivity contribution in [1.82, 2.24) is 4.98 Å². The van der Waals surface area contributed by atoms with Crippen molar-refractivity contribution < 1.29 is 0 Å². The lowest BCUT2D eigenvalue weighted by molar-refractivity contribution is 0.240. The summed E-state index contributed by atoms with van der Waals surface area (Å²) in [4.78, 5) is 4.38. The van der Waals surface area contributed by atoms with E-state index in [9.17, 15) is 0 Å². The average molecular weight is 254 g/mol. The van der Waals surface area contributed by atoms with Crippen molar-refractivity contribution >= 4 is 11.6 Å². The molecule has 0 aliphatic heterocycles. The van der Waals surface area contributed by atoms with E-state index in [2.05, 4.69) is 45.7 Å². The largest absolute Gasteiger partial charge is 0.261 e. The van der Waals surface area contributed by atoms with Crippen LogP contribution in [0, 0.1) is 11.3 Å². The minimum atomic E-state index is 0.152. The zero-order chi connectivity index (χ0) is 13.1. The molecular weight excluding hydrogens is 230 g/mol. The van der Waals surface area contributed by atoms with Crippen molar-refractivity contribution in [2.24, 2.45) is 11.3 Å². The summed E-state index contributed by atoms with van der Waals surface area (Å²) in [7, 11) is 0. The van der Waals surface area contributed by atoms with Gasteiger partial charge in [-0.1, -0.05) is 40.7 Å². The van der Waals surface area contributed by atoms with Gasteiger partial charge in [-0.05, 0) is 29.9 Å². The van der Waals surface area contributed by atoms with Crippen molar-refractivity contribution in [2.45, 2.75) is 52.3 Å². The van der Waals surface area contributed by atoms with E-state index in [1.54, 1.807) is 0 Å². The van der Waals surface area contributed by atoms with Crippen molar-refractivity contribution in [1.29, 1.82) is 0 Å². The van der Waals surface area contributed by atoms with Crippen molar-refractivity contribution in [3.05, 3.63) is 30.1 Å². The molecule has 0 aromatic carbocycles. The molecule has 1 aromatic rings. The molecule has 0 saturated carbocycles. The van der Waals surface area contributed by atoms with E-state index in [0.29, 0.717) is 17.3 Å². The molecule has 1 nitrogen and oxygen atoms in total. The Morgan fingerprint density at radius 2 is 1.88 bits per heavy atom. The third-order valence-corrected chi connectivity index (χ3v) is 4.31. The van der Waals surface area contributed by atoms with Crippen molar-refractivity contribution in [2.75, 3.05) is 0 Å². The van der Waals surface area contributed by atoms with Gasteiger partial charge in [-0.2, -0.15) is 0 Å². The van der Waals surface area contributed by atoms with E-state index in [1.807, 2.05) is 18.3 Å². The van der Waals surface area contributed by atoms with Gasteiger partial charge in [0, 0.05) is 23.2 Å². The highest BCUT2D eigenvalue weighted by Crippen LogP contribution is 2.34. The lowest BCUT2D eigenvalue weighted by Gasteiger charge is -2.30. The van der Waals surface area contributed by atoms with Crippen LogP contribution in [0.1, 0.15) is 52.7 Å². The number of rotatable bonds is 4. The van der Waals surface area contributed by atoms with Gasteiger partial charge in [-0.15, -0.1) is 11.6 Å². The minimum absolute atomic E-state index is 0.152. The summed E-state index contributed by atoms with van der Waals surface area (Å²) in [5.74, 6) is 0.916. The molecule has 17 heavy (non-hydrogen) atoms. The maximum atomic E-state index is 6.53. The molecule has 0 bridgehead atoms. The highest BCUT2D eigenvalue weighted by atomic mass is 35.5. The van der Waals surface area contributed by atoms with Crippen molar-refractivity contribution in [3.63, 3.8) is 0 Å². The normalized spacial score (nSPS) is 17.5. The maximum Gasteiger partial charge on any atom is 0.0446 e. The van der Waals surface area contributed by atoms with Gasteiger partial charge in [0.15, 0.2) is 0 Å². The van der Waals surface area contributed by atoms with Crippen LogP contribution in [0.2, 0.25) is 0 Å². The van der Waals surface area contributed by atoms with Crippen LogP contribution in [-0.4, -0.2) is 10.4 Å². The highest BCUT2D eigenvalue weighted by molar-refractivity contribution is 6.21. The van der Waals surface area contributed by atoms with Gasteiger partial charge in [0.25, 0.3) is 0 Å². The fourth-order valence-corrected chi connectivity index (χ4v) is 2.12. The molecule has 0 fully saturated rings. The van der Waals surface area contributed by atoms with Gasteiger partial charge in [0.2, 0.25) is 0 Å². The van der Waals surface area contributed by atoms with Crippen molar-refractivity contribution in [3.8, 4) is 0 Å². The number of halogens is 1. The molecule has 0 aliphatic rings. The van der Waals surface area contributed by atoms with Crippen LogP contribution in [0.25, 0.3) is 0 Å². The summed E-state index contributed by atoms with van der Waals surface area (Å²) in [5.41, 5.74) is 1.41. The van der Waals surface area contributed by atoms with E-state index in [4.69, 9.17) is 11.6 Å². The van der Waals surface area contributed by atoms with Crippen LogP contribution in [0.4, 0.5) is 0 Å². The lowest BCUT2D eigenvalue weighted by atomic mass is 9.78. The van der Waals surface area contributed by atoms with E-state index < -0.39 is 0 Å².